The van der Waals surface area contributed by atoms with Crippen LogP contribution in [-0.4, -0.2) is 25.2 Å². The molecule has 0 aromatic carbocycles. The van der Waals surface area contributed by atoms with E-state index in [4.69, 9.17) is 14.2 Å². The van der Waals surface area contributed by atoms with Gasteiger partial charge in [0.25, 0.3) is 0 Å². The number of hydrogen-bond donors (Lipinski definition) is 0. The van der Waals surface area contributed by atoms with Crippen molar-refractivity contribution in [3.8, 4) is 0 Å². The van der Waals surface area contributed by atoms with Gasteiger partial charge in [-0.1, -0.05) is 0 Å². The highest BCUT2D eigenvalue weighted by Crippen LogP contribution is 2.15. The Hall–Kier alpha value is -2.04. The van der Waals surface area contributed by atoms with E-state index in [0.29, 0.717) is 0 Å². The van der Waals surface area contributed by atoms with Crippen molar-refractivity contribution in [2.45, 2.75) is 13.8 Å². The summed E-state index contributed by atoms with van der Waals surface area (Å²) in [4.78, 5) is 23.3. The van der Waals surface area contributed by atoms with Crippen molar-refractivity contribution in [2.75, 3.05) is 13.2 Å². The van der Waals surface area contributed by atoms with Gasteiger partial charge in [0.05, 0.1) is 36.9 Å². The summed E-state index contributed by atoms with van der Waals surface area (Å²) in [5.41, 5.74) is 0.248. The van der Waals surface area contributed by atoms with Crippen LogP contribution in [0.1, 0.15) is 13.8 Å². The van der Waals surface area contributed by atoms with E-state index in [-0.39, 0.29) is 24.4 Å². The molecular formula is C12H14O5. The van der Waals surface area contributed by atoms with Crippen LogP contribution in [0.5, 0.6) is 0 Å². The molecule has 1 aliphatic rings. The van der Waals surface area contributed by atoms with Crippen molar-refractivity contribution in [2.24, 2.45) is 0 Å². The lowest BCUT2D eigenvalue weighted by atomic mass is 10.1. The Labute approximate surface area is 99.3 Å². The topological polar surface area (TPSA) is 61.8 Å². The van der Waals surface area contributed by atoms with Crippen molar-refractivity contribution in [1.29, 1.82) is 0 Å². The van der Waals surface area contributed by atoms with Gasteiger partial charge >= 0.3 is 11.9 Å². The summed E-state index contributed by atoms with van der Waals surface area (Å²) in [7, 11) is 0. The maximum Gasteiger partial charge on any atom is 0.339 e. The lowest BCUT2D eigenvalue weighted by Gasteiger charge is -2.06. The van der Waals surface area contributed by atoms with Crippen LogP contribution in [0.25, 0.3) is 0 Å². The minimum absolute atomic E-state index is 0.124. The summed E-state index contributed by atoms with van der Waals surface area (Å²) < 4.78 is 14.6. The van der Waals surface area contributed by atoms with Gasteiger partial charge in [0.15, 0.2) is 0 Å². The van der Waals surface area contributed by atoms with Gasteiger partial charge in [0.2, 0.25) is 0 Å². The summed E-state index contributed by atoms with van der Waals surface area (Å²) in [6.45, 7) is 3.85. The van der Waals surface area contributed by atoms with E-state index in [1.165, 1.54) is 24.7 Å². The highest BCUT2D eigenvalue weighted by Gasteiger charge is 2.20. The first kappa shape index (κ1) is 13.0. The fourth-order valence-corrected chi connectivity index (χ4v) is 1.21. The molecule has 0 unspecified atom stereocenters. The third-order valence-electron chi connectivity index (χ3n) is 1.91. The Balaban J connectivity index is 3.07. The average Bonchev–Trinajstić information content (AvgIpc) is 2.54. The lowest BCUT2D eigenvalue weighted by molar-refractivity contribution is -0.141. The zero-order valence-electron chi connectivity index (χ0n) is 9.76. The largest absolute Gasteiger partial charge is 0.473 e. The summed E-state index contributed by atoms with van der Waals surface area (Å²) in [6.07, 6.45) is 5.36. The molecular weight excluding hydrogens is 224 g/mol. The van der Waals surface area contributed by atoms with Crippen LogP contribution in [-0.2, 0) is 23.8 Å². The number of carbonyl (C=O) groups excluding carboxylic acids is 2. The molecule has 1 aliphatic heterocycles. The summed E-state index contributed by atoms with van der Waals surface area (Å²) >= 11 is 0. The predicted octanol–water partition coefficient (Wildman–Crippen LogP) is 1.47. The molecule has 0 amide bonds. The molecule has 1 rings (SSSR count). The molecule has 0 aromatic heterocycles. The average molecular weight is 238 g/mol. The van der Waals surface area contributed by atoms with Gasteiger partial charge in [-0.3, -0.25) is 0 Å². The third-order valence-corrected chi connectivity index (χ3v) is 1.91. The van der Waals surface area contributed by atoms with Crippen LogP contribution in [0.15, 0.2) is 35.8 Å². The predicted molar refractivity (Wildman–Crippen MR) is 59.7 cm³/mol. The number of hydrogen-bond acceptors (Lipinski definition) is 5. The van der Waals surface area contributed by atoms with Crippen LogP contribution >= 0.6 is 0 Å². The Kier molecular flexibility index (Phi) is 5.00. The highest BCUT2D eigenvalue weighted by molar-refractivity contribution is 6.04. The molecule has 17 heavy (non-hydrogen) atoms. The second-order valence-electron chi connectivity index (χ2n) is 3.01. The molecule has 0 aromatic rings. The number of carbonyl (C=O) groups is 2. The first-order valence-electron chi connectivity index (χ1n) is 5.27. The summed E-state index contributed by atoms with van der Waals surface area (Å²) in [5, 5.41) is 0. The summed E-state index contributed by atoms with van der Waals surface area (Å²) in [5.74, 6) is -1.16. The minimum atomic E-state index is -0.582. The van der Waals surface area contributed by atoms with Crippen molar-refractivity contribution >= 4 is 11.9 Å². The third kappa shape index (κ3) is 3.48. The van der Waals surface area contributed by atoms with E-state index < -0.39 is 11.9 Å². The lowest BCUT2D eigenvalue weighted by Crippen LogP contribution is -2.14. The maximum atomic E-state index is 11.6. The normalized spacial score (nSPS) is 14.0. The minimum Gasteiger partial charge on any atom is -0.473 e. The zero-order chi connectivity index (χ0) is 12.7. The second kappa shape index (κ2) is 6.52. The zero-order valence-corrected chi connectivity index (χ0v) is 9.76. The SMILES string of the molecule is CCOC(=O)C1=C(C(=O)OCC)C=COC=C1. The molecule has 0 bridgehead atoms. The van der Waals surface area contributed by atoms with E-state index in [0.717, 1.165) is 0 Å². The van der Waals surface area contributed by atoms with Crippen LogP contribution in [0, 0.1) is 0 Å². The Morgan fingerprint density at radius 2 is 1.41 bits per heavy atom. The van der Waals surface area contributed by atoms with Gasteiger partial charge < -0.3 is 14.2 Å². The molecule has 0 spiro atoms. The highest BCUT2D eigenvalue weighted by atomic mass is 16.5. The standard InChI is InChI=1S/C12H14O5/c1-3-16-11(13)9-5-7-15-8-6-10(9)12(14)17-4-2/h5-8H,3-4H2,1-2H3. The molecule has 0 aliphatic carbocycles. The molecule has 0 N–H and O–H groups in total. The fourth-order valence-electron chi connectivity index (χ4n) is 1.21. The van der Waals surface area contributed by atoms with Crippen LogP contribution < -0.4 is 0 Å². The first-order valence-corrected chi connectivity index (χ1v) is 5.27. The van der Waals surface area contributed by atoms with Gasteiger partial charge in [0, 0.05) is 0 Å². The number of ether oxygens (including phenoxy) is 3. The summed E-state index contributed by atoms with van der Waals surface area (Å²) in [6, 6.07) is 0. The Bertz CT molecular complexity index is 354. The van der Waals surface area contributed by atoms with Gasteiger partial charge in [-0.2, -0.15) is 0 Å². The first-order chi connectivity index (χ1) is 8.20. The van der Waals surface area contributed by atoms with E-state index in [9.17, 15) is 9.59 Å². The molecule has 92 valence electrons. The Morgan fingerprint density at radius 1 is 1.00 bits per heavy atom. The van der Waals surface area contributed by atoms with Crippen LogP contribution in [0.2, 0.25) is 0 Å². The monoisotopic (exact) mass is 238 g/mol. The number of esters is 2. The van der Waals surface area contributed by atoms with E-state index >= 15 is 0 Å². The smallest absolute Gasteiger partial charge is 0.339 e. The van der Waals surface area contributed by atoms with Gasteiger partial charge in [-0.15, -0.1) is 0 Å². The molecule has 0 saturated heterocycles. The molecule has 0 atom stereocenters. The molecule has 1 heterocycles. The van der Waals surface area contributed by atoms with Gasteiger partial charge in [-0.25, -0.2) is 9.59 Å². The van der Waals surface area contributed by atoms with Gasteiger partial charge in [-0.05, 0) is 26.0 Å². The van der Waals surface area contributed by atoms with Crippen molar-refractivity contribution < 1.29 is 23.8 Å². The molecule has 5 nitrogen and oxygen atoms in total. The fraction of sp³-hybridized carbons (Fsp3) is 0.333. The van der Waals surface area contributed by atoms with E-state index in [2.05, 4.69) is 0 Å². The molecule has 0 radical (unpaired) electrons. The maximum absolute atomic E-state index is 11.6. The molecule has 0 saturated carbocycles. The molecule has 5 heteroatoms. The second-order valence-corrected chi connectivity index (χ2v) is 3.01. The van der Waals surface area contributed by atoms with Crippen molar-refractivity contribution in [3.05, 3.63) is 35.8 Å². The van der Waals surface area contributed by atoms with Crippen molar-refractivity contribution in [3.63, 3.8) is 0 Å². The number of rotatable bonds is 4. The Morgan fingerprint density at radius 3 is 1.76 bits per heavy atom. The van der Waals surface area contributed by atoms with Gasteiger partial charge in [0.1, 0.15) is 0 Å². The van der Waals surface area contributed by atoms with Crippen molar-refractivity contribution in [1.82, 2.24) is 0 Å². The van der Waals surface area contributed by atoms with E-state index in [1.807, 2.05) is 0 Å². The van der Waals surface area contributed by atoms with Crippen LogP contribution in [0.3, 0.4) is 0 Å². The van der Waals surface area contributed by atoms with Crippen LogP contribution in [0.4, 0.5) is 0 Å². The quantitative estimate of drug-likeness (QED) is 0.694. The van der Waals surface area contributed by atoms with E-state index in [1.54, 1.807) is 13.8 Å². The molecule has 0 fully saturated rings.